The van der Waals surface area contributed by atoms with Crippen molar-refractivity contribution in [2.24, 2.45) is 23.2 Å². The molecule has 0 radical (unpaired) electrons. The lowest BCUT2D eigenvalue weighted by Gasteiger charge is -2.56. The molecular weight excluding hydrogens is 393 g/mol. The summed E-state index contributed by atoms with van der Waals surface area (Å²) < 4.78 is 37.7. The highest BCUT2D eigenvalue weighted by molar-refractivity contribution is 5.84. The zero-order chi connectivity index (χ0) is 21.4. The normalized spacial score (nSPS) is 29.6. The number of alkyl halides is 3. The van der Waals surface area contributed by atoms with Crippen LogP contribution in [0.15, 0.2) is 24.3 Å². The van der Waals surface area contributed by atoms with Crippen molar-refractivity contribution < 1.29 is 22.8 Å². The van der Waals surface area contributed by atoms with Crippen molar-refractivity contribution in [1.29, 1.82) is 0 Å². The second kappa shape index (κ2) is 8.23. The van der Waals surface area contributed by atoms with Gasteiger partial charge >= 0.3 is 6.18 Å². The van der Waals surface area contributed by atoms with Gasteiger partial charge in [0.25, 0.3) is 0 Å². The first-order valence-corrected chi connectivity index (χ1v) is 10.9. The molecule has 0 aromatic heterocycles. The number of rotatable bonds is 7. The molecule has 4 bridgehead atoms. The molecule has 0 saturated heterocycles. The van der Waals surface area contributed by atoms with Crippen LogP contribution < -0.4 is 10.6 Å². The summed E-state index contributed by atoms with van der Waals surface area (Å²) in [6.45, 7) is 0.257. The van der Waals surface area contributed by atoms with Crippen LogP contribution in [0.1, 0.15) is 56.1 Å². The van der Waals surface area contributed by atoms with Crippen LogP contribution in [0.3, 0.4) is 0 Å². The summed E-state index contributed by atoms with van der Waals surface area (Å²) in [6, 6.07) is 4.92. The molecule has 0 heterocycles. The molecular formula is C23H29F3N2O2. The molecule has 1 aromatic carbocycles. The molecule has 164 valence electrons. The Morgan fingerprint density at radius 2 is 1.47 bits per heavy atom. The minimum Gasteiger partial charge on any atom is -0.354 e. The summed E-state index contributed by atoms with van der Waals surface area (Å²) in [7, 11) is 0. The maximum atomic E-state index is 12.6. The second-order valence-corrected chi connectivity index (χ2v) is 9.67. The van der Waals surface area contributed by atoms with E-state index < -0.39 is 11.7 Å². The number of carbonyl (C=O) groups is 2. The molecule has 4 aliphatic carbocycles. The number of hydrogen-bond acceptors (Lipinski definition) is 2. The summed E-state index contributed by atoms with van der Waals surface area (Å²) in [6.07, 6.45) is 4.09. The highest BCUT2D eigenvalue weighted by Crippen LogP contribution is 2.61. The number of benzene rings is 1. The Labute approximate surface area is 175 Å². The molecule has 2 N–H and O–H groups in total. The number of hydrogen-bond donors (Lipinski definition) is 2. The van der Waals surface area contributed by atoms with Crippen molar-refractivity contribution in [3.63, 3.8) is 0 Å². The van der Waals surface area contributed by atoms with Crippen molar-refractivity contribution in [1.82, 2.24) is 10.6 Å². The standard InChI is InChI=1S/C23H29F3N2O2/c24-23(25,26)19-3-1-15(2-4-19)5-6-27-21(30)14-28-20(29)13-22-10-16-7-17(11-22)9-18(8-16)12-22/h1-4,16-18H,5-14H2,(H,27,30)(H,28,29). The molecule has 4 saturated carbocycles. The monoisotopic (exact) mass is 422 g/mol. The van der Waals surface area contributed by atoms with E-state index >= 15 is 0 Å². The van der Waals surface area contributed by atoms with Crippen molar-refractivity contribution >= 4 is 11.8 Å². The van der Waals surface area contributed by atoms with Crippen molar-refractivity contribution in [2.75, 3.05) is 13.1 Å². The number of amides is 2. The molecule has 1 aromatic rings. The van der Waals surface area contributed by atoms with Crippen LogP contribution in [0.25, 0.3) is 0 Å². The Hall–Kier alpha value is -2.05. The van der Waals surface area contributed by atoms with Gasteiger partial charge in [-0.1, -0.05) is 12.1 Å². The summed E-state index contributed by atoms with van der Waals surface area (Å²) in [4.78, 5) is 24.5. The molecule has 4 nitrogen and oxygen atoms in total. The van der Waals surface area contributed by atoms with E-state index in [1.807, 2.05) is 0 Å². The van der Waals surface area contributed by atoms with E-state index in [9.17, 15) is 22.8 Å². The van der Waals surface area contributed by atoms with Crippen LogP contribution in [-0.4, -0.2) is 24.9 Å². The number of carbonyl (C=O) groups excluding carboxylic acids is 2. The van der Waals surface area contributed by atoms with Crippen molar-refractivity contribution in [3.8, 4) is 0 Å². The van der Waals surface area contributed by atoms with Gasteiger partial charge in [-0.05, 0) is 85.8 Å². The Kier molecular flexibility index (Phi) is 5.82. The first kappa shape index (κ1) is 21.2. The van der Waals surface area contributed by atoms with E-state index in [-0.39, 0.29) is 23.8 Å². The van der Waals surface area contributed by atoms with E-state index in [0.717, 1.165) is 49.1 Å². The Balaban J connectivity index is 1.16. The fraction of sp³-hybridized carbons (Fsp3) is 0.652. The van der Waals surface area contributed by atoms with Crippen LogP contribution in [0.2, 0.25) is 0 Å². The van der Waals surface area contributed by atoms with Gasteiger partial charge in [0, 0.05) is 13.0 Å². The quantitative estimate of drug-likeness (QED) is 0.696. The number of nitrogens with one attached hydrogen (secondary N) is 2. The topological polar surface area (TPSA) is 58.2 Å². The maximum Gasteiger partial charge on any atom is 0.416 e. The van der Waals surface area contributed by atoms with Gasteiger partial charge in [0.1, 0.15) is 0 Å². The molecule has 30 heavy (non-hydrogen) atoms. The second-order valence-electron chi connectivity index (χ2n) is 9.67. The summed E-state index contributed by atoms with van der Waals surface area (Å²) in [5.74, 6) is 2.04. The third-order valence-corrected chi connectivity index (χ3v) is 7.16. The average molecular weight is 422 g/mol. The third kappa shape index (κ3) is 4.98. The zero-order valence-electron chi connectivity index (χ0n) is 17.1. The first-order chi connectivity index (χ1) is 14.2. The lowest BCUT2D eigenvalue weighted by atomic mass is 9.49. The molecule has 5 rings (SSSR count). The highest BCUT2D eigenvalue weighted by atomic mass is 19.4. The predicted octanol–water partition coefficient (Wildman–Crippen LogP) is 4.09. The van der Waals surface area contributed by atoms with Crippen LogP contribution in [-0.2, 0) is 22.2 Å². The molecule has 2 amide bonds. The van der Waals surface area contributed by atoms with Gasteiger partial charge in [-0.15, -0.1) is 0 Å². The predicted molar refractivity (Wildman–Crippen MR) is 106 cm³/mol. The third-order valence-electron chi connectivity index (χ3n) is 7.16. The van der Waals surface area contributed by atoms with E-state index in [1.54, 1.807) is 0 Å². The smallest absolute Gasteiger partial charge is 0.354 e. The van der Waals surface area contributed by atoms with Crippen molar-refractivity contribution in [2.45, 2.75) is 57.5 Å². The Morgan fingerprint density at radius 3 is 2.00 bits per heavy atom. The van der Waals surface area contributed by atoms with Crippen LogP contribution in [0, 0.1) is 23.2 Å². The zero-order valence-corrected chi connectivity index (χ0v) is 17.1. The number of halogens is 3. The molecule has 4 aliphatic rings. The van der Waals surface area contributed by atoms with E-state index in [1.165, 1.54) is 31.4 Å². The average Bonchev–Trinajstić information content (AvgIpc) is 2.64. The van der Waals surface area contributed by atoms with Gasteiger partial charge in [0.15, 0.2) is 0 Å². The van der Waals surface area contributed by atoms with Gasteiger partial charge in [-0.3, -0.25) is 9.59 Å². The first-order valence-electron chi connectivity index (χ1n) is 10.9. The Bertz CT molecular complexity index is 753. The summed E-state index contributed by atoms with van der Waals surface area (Å²) in [5.41, 5.74) is 0.184. The fourth-order valence-electron chi connectivity index (χ4n) is 6.36. The lowest BCUT2D eigenvalue weighted by molar-refractivity contribution is -0.137. The lowest BCUT2D eigenvalue weighted by Crippen LogP contribution is -2.48. The SMILES string of the molecule is O=C(CNC(=O)CC12CC3CC(CC(C3)C1)C2)NCCc1ccc(C(F)(F)F)cc1. The van der Waals surface area contributed by atoms with Crippen LogP contribution in [0.5, 0.6) is 0 Å². The fourth-order valence-corrected chi connectivity index (χ4v) is 6.36. The highest BCUT2D eigenvalue weighted by Gasteiger charge is 2.51. The van der Waals surface area contributed by atoms with Gasteiger partial charge in [-0.25, -0.2) is 0 Å². The summed E-state index contributed by atoms with van der Waals surface area (Å²) >= 11 is 0. The van der Waals surface area contributed by atoms with Gasteiger partial charge < -0.3 is 10.6 Å². The Morgan fingerprint density at radius 1 is 0.900 bits per heavy atom. The molecule has 7 heteroatoms. The maximum absolute atomic E-state index is 12.6. The van der Waals surface area contributed by atoms with E-state index in [2.05, 4.69) is 10.6 Å². The van der Waals surface area contributed by atoms with E-state index in [0.29, 0.717) is 24.9 Å². The van der Waals surface area contributed by atoms with Crippen LogP contribution >= 0.6 is 0 Å². The van der Waals surface area contributed by atoms with Crippen LogP contribution in [0.4, 0.5) is 13.2 Å². The minimum absolute atomic E-state index is 0.0464. The van der Waals surface area contributed by atoms with Gasteiger partial charge in [0.2, 0.25) is 11.8 Å². The van der Waals surface area contributed by atoms with E-state index in [4.69, 9.17) is 0 Å². The van der Waals surface area contributed by atoms with Gasteiger partial charge in [-0.2, -0.15) is 13.2 Å². The molecule has 0 spiro atoms. The molecule has 4 fully saturated rings. The van der Waals surface area contributed by atoms with Gasteiger partial charge in [0.05, 0.1) is 12.1 Å². The van der Waals surface area contributed by atoms with Crippen molar-refractivity contribution in [3.05, 3.63) is 35.4 Å². The molecule has 0 atom stereocenters. The minimum atomic E-state index is -4.35. The largest absolute Gasteiger partial charge is 0.416 e. The molecule has 0 unspecified atom stereocenters. The summed E-state index contributed by atoms with van der Waals surface area (Å²) in [5, 5.41) is 5.47. The molecule has 0 aliphatic heterocycles.